The van der Waals surface area contributed by atoms with E-state index in [4.69, 9.17) is 0 Å². The molecule has 9 heteroatoms. The molecule has 0 spiro atoms. The molecule has 1 aromatic heterocycles. The van der Waals surface area contributed by atoms with Gasteiger partial charge in [0.05, 0.1) is 5.56 Å². The van der Waals surface area contributed by atoms with E-state index < -0.39 is 28.2 Å². The van der Waals surface area contributed by atoms with Crippen LogP contribution in [0.15, 0.2) is 47.6 Å². The number of alkyl halides is 3. The summed E-state index contributed by atoms with van der Waals surface area (Å²) < 4.78 is 37.6. The molecule has 0 unspecified atom stereocenters. The average molecular weight is 355 g/mol. The van der Waals surface area contributed by atoms with E-state index in [1.165, 1.54) is 49.6 Å². The Balaban J connectivity index is 2.17. The van der Waals surface area contributed by atoms with Crippen LogP contribution in [0.4, 0.5) is 18.9 Å². The van der Waals surface area contributed by atoms with Gasteiger partial charge < -0.3 is 10.6 Å². The van der Waals surface area contributed by atoms with Crippen LogP contribution in [0, 0.1) is 0 Å². The summed E-state index contributed by atoms with van der Waals surface area (Å²) in [4.78, 5) is 27.2. The van der Waals surface area contributed by atoms with Crippen molar-refractivity contribution in [1.29, 1.82) is 0 Å². The first-order chi connectivity index (χ1) is 11.3. The van der Waals surface area contributed by atoms with Crippen LogP contribution in [-0.4, -0.2) is 29.4 Å². The fourth-order valence-electron chi connectivity index (χ4n) is 1.80. The van der Waals surface area contributed by atoms with Gasteiger partial charge >= 0.3 is 5.51 Å². The highest BCUT2D eigenvalue weighted by molar-refractivity contribution is 8.00. The lowest BCUT2D eigenvalue weighted by atomic mass is 10.2. The first kappa shape index (κ1) is 17.8. The molecule has 126 valence electrons. The predicted octanol–water partition coefficient (Wildman–Crippen LogP) is 3.31. The van der Waals surface area contributed by atoms with E-state index in [0.29, 0.717) is 11.3 Å². The van der Waals surface area contributed by atoms with Crippen molar-refractivity contribution in [3.63, 3.8) is 0 Å². The monoisotopic (exact) mass is 355 g/mol. The van der Waals surface area contributed by atoms with Gasteiger partial charge in [0.15, 0.2) is 0 Å². The second-order valence-corrected chi connectivity index (χ2v) is 5.57. The van der Waals surface area contributed by atoms with Crippen molar-refractivity contribution in [2.45, 2.75) is 10.5 Å². The van der Waals surface area contributed by atoms with E-state index in [1.807, 2.05) is 0 Å². The highest BCUT2D eigenvalue weighted by Crippen LogP contribution is 2.37. The molecule has 0 atom stereocenters. The van der Waals surface area contributed by atoms with Gasteiger partial charge in [0.1, 0.15) is 5.03 Å². The Kier molecular flexibility index (Phi) is 5.45. The van der Waals surface area contributed by atoms with Gasteiger partial charge in [-0.1, -0.05) is 0 Å². The molecule has 0 saturated heterocycles. The Morgan fingerprint density at radius 3 is 2.33 bits per heavy atom. The first-order valence-corrected chi connectivity index (χ1v) is 7.46. The number of thioether (sulfide) groups is 1. The maximum atomic E-state index is 12.5. The van der Waals surface area contributed by atoms with E-state index in [0.717, 1.165) is 0 Å². The minimum absolute atomic E-state index is 0.185. The summed E-state index contributed by atoms with van der Waals surface area (Å²) in [6.07, 6.45) is 1.18. The van der Waals surface area contributed by atoms with E-state index >= 15 is 0 Å². The van der Waals surface area contributed by atoms with Gasteiger partial charge in [0.2, 0.25) is 0 Å². The lowest BCUT2D eigenvalue weighted by molar-refractivity contribution is -0.0329. The largest absolute Gasteiger partial charge is 0.447 e. The number of benzene rings is 1. The van der Waals surface area contributed by atoms with Crippen molar-refractivity contribution in [2.75, 3.05) is 12.4 Å². The number of pyridine rings is 1. The second-order valence-electron chi connectivity index (χ2n) is 4.51. The van der Waals surface area contributed by atoms with Crippen molar-refractivity contribution in [3.8, 4) is 0 Å². The third kappa shape index (κ3) is 4.72. The summed E-state index contributed by atoms with van der Waals surface area (Å²) >= 11 is -0.449. The zero-order valence-electron chi connectivity index (χ0n) is 12.3. The zero-order valence-corrected chi connectivity index (χ0v) is 13.2. The third-order valence-corrected chi connectivity index (χ3v) is 3.61. The first-order valence-electron chi connectivity index (χ1n) is 6.64. The summed E-state index contributed by atoms with van der Waals surface area (Å²) in [6, 6.07) is 8.58. The number of hydrogen-bond acceptors (Lipinski definition) is 4. The van der Waals surface area contributed by atoms with Gasteiger partial charge in [-0.25, -0.2) is 4.98 Å². The minimum Gasteiger partial charge on any atom is -0.355 e. The average Bonchev–Trinajstić information content (AvgIpc) is 2.53. The quantitative estimate of drug-likeness (QED) is 0.826. The Morgan fingerprint density at radius 1 is 1.08 bits per heavy atom. The van der Waals surface area contributed by atoms with Gasteiger partial charge in [-0.2, -0.15) is 13.2 Å². The smallest absolute Gasteiger partial charge is 0.355 e. The molecule has 0 aliphatic rings. The van der Waals surface area contributed by atoms with Crippen molar-refractivity contribution in [1.82, 2.24) is 10.3 Å². The Bertz CT molecular complexity index is 748. The molecular formula is C15H12F3N3O2S. The number of halogens is 3. The summed E-state index contributed by atoms with van der Waals surface area (Å²) in [5.74, 6) is -1.01. The van der Waals surface area contributed by atoms with Gasteiger partial charge in [0.25, 0.3) is 11.8 Å². The standard InChI is InChI=1S/C15H12F3N3O2S/c1-19-12(22)9-4-6-10(7-5-9)21-13(23)11-3-2-8-20-14(11)24-15(16,17)18/h2-8H,1H3,(H,19,22)(H,21,23). The molecule has 2 rings (SSSR count). The SMILES string of the molecule is CNC(=O)c1ccc(NC(=O)c2cccnc2SC(F)(F)F)cc1. The molecule has 2 N–H and O–H groups in total. The molecule has 1 heterocycles. The number of nitrogens with one attached hydrogen (secondary N) is 2. The summed E-state index contributed by atoms with van der Waals surface area (Å²) in [5, 5.41) is 4.50. The molecule has 24 heavy (non-hydrogen) atoms. The van der Waals surface area contributed by atoms with Crippen LogP contribution in [-0.2, 0) is 0 Å². The molecule has 2 aromatic rings. The molecule has 0 bridgehead atoms. The number of amides is 2. The minimum atomic E-state index is -4.54. The molecule has 2 amide bonds. The highest BCUT2D eigenvalue weighted by atomic mass is 32.2. The lowest BCUT2D eigenvalue weighted by Crippen LogP contribution is -2.18. The second kappa shape index (κ2) is 7.35. The van der Waals surface area contributed by atoms with E-state index in [2.05, 4.69) is 15.6 Å². The molecule has 0 aliphatic heterocycles. The van der Waals surface area contributed by atoms with Gasteiger partial charge in [-0.05, 0) is 36.4 Å². The summed E-state index contributed by atoms with van der Waals surface area (Å²) in [7, 11) is 1.49. The van der Waals surface area contributed by atoms with Gasteiger partial charge in [0, 0.05) is 36.3 Å². The molecule has 0 aliphatic carbocycles. The van der Waals surface area contributed by atoms with Crippen LogP contribution in [0.5, 0.6) is 0 Å². The van der Waals surface area contributed by atoms with Gasteiger partial charge in [-0.15, -0.1) is 0 Å². The predicted molar refractivity (Wildman–Crippen MR) is 83.9 cm³/mol. The lowest BCUT2D eigenvalue weighted by Gasteiger charge is -2.10. The summed E-state index contributed by atoms with van der Waals surface area (Å²) in [5.41, 5.74) is -3.99. The fraction of sp³-hybridized carbons (Fsp3) is 0.133. The fourth-order valence-corrected chi connectivity index (χ4v) is 2.41. The normalized spacial score (nSPS) is 11.0. The summed E-state index contributed by atoms with van der Waals surface area (Å²) in [6.45, 7) is 0. The van der Waals surface area contributed by atoms with Crippen LogP contribution in [0.2, 0.25) is 0 Å². The number of hydrogen-bond donors (Lipinski definition) is 2. The topological polar surface area (TPSA) is 71.1 Å². The molecular weight excluding hydrogens is 343 g/mol. The zero-order chi connectivity index (χ0) is 17.7. The van der Waals surface area contributed by atoms with Crippen molar-refractivity contribution >= 4 is 29.3 Å². The maximum Gasteiger partial charge on any atom is 0.447 e. The van der Waals surface area contributed by atoms with Crippen LogP contribution in [0.25, 0.3) is 0 Å². The van der Waals surface area contributed by atoms with Crippen LogP contribution in [0.3, 0.4) is 0 Å². The number of aromatic nitrogens is 1. The van der Waals surface area contributed by atoms with Crippen molar-refractivity contribution in [2.24, 2.45) is 0 Å². The van der Waals surface area contributed by atoms with E-state index in [1.54, 1.807) is 0 Å². The molecule has 5 nitrogen and oxygen atoms in total. The number of carbonyl (C=O) groups excluding carboxylic acids is 2. The molecule has 0 fully saturated rings. The number of anilines is 1. The number of nitrogens with zero attached hydrogens (tertiary/aromatic N) is 1. The van der Waals surface area contributed by atoms with Gasteiger partial charge in [-0.3, -0.25) is 9.59 Å². The number of carbonyl (C=O) groups is 2. The van der Waals surface area contributed by atoms with Crippen molar-refractivity contribution < 1.29 is 22.8 Å². The van der Waals surface area contributed by atoms with Crippen LogP contribution in [0.1, 0.15) is 20.7 Å². The van der Waals surface area contributed by atoms with Crippen LogP contribution < -0.4 is 10.6 Å². The third-order valence-electron chi connectivity index (χ3n) is 2.86. The Morgan fingerprint density at radius 2 is 1.75 bits per heavy atom. The highest BCUT2D eigenvalue weighted by Gasteiger charge is 2.32. The number of rotatable bonds is 4. The van der Waals surface area contributed by atoms with E-state index in [9.17, 15) is 22.8 Å². The Hall–Kier alpha value is -2.55. The molecule has 1 aromatic carbocycles. The molecule has 0 saturated carbocycles. The Labute approximate surface area is 139 Å². The maximum absolute atomic E-state index is 12.5. The van der Waals surface area contributed by atoms with Crippen molar-refractivity contribution in [3.05, 3.63) is 53.7 Å². The van der Waals surface area contributed by atoms with Crippen LogP contribution >= 0.6 is 11.8 Å². The van der Waals surface area contributed by atoms with E-state index in [-0.39, 0.29) is 11.5 Å². The molecule has 0 radical (unpaired) electrons.